The summed E-state index contributed by atoms with van der Waals surface area (Å²) in [6.45, 7) is 6.37. The van der Waals surface area contributed by atoms with Crippen LogP contribution in [0, 0.1) is 18.8 Å². The molecular weight excluding hydrogens is 506 g/mol. The summed E-state index contributed by atoms with van der Waals surface area (Å²) in [4.78, 5) is 29.1. The van der Waals surface area contributed by atoms with E-state index >= 15 is 0 Å². The minimum Gasteiger partial charge on any atom is -0.461 e. The molecule has 0 amide bonds. The normalized spacial score (nSPS) is 20.0. The van der Waals surface area contributed by atoms with Crippen molar-refractivity contribution in [3.63, 3.8) is 0 Å². The predicted octanol–water partition coefficient (Wildman–Crippen LogP) is 6.35. The van der Waals surface area contributed by atoms with E-state index in [4.69, 9.17) is 9.47 Å². The van der Waals surface area contributed by atoms with Gasteiger partial charge in [0.25, 0.3) is 0 Å². The van der Waals surface area contributed by atoms with Crippen LogP contribution in [0.1, 0.15) is 47.2 Å². The number of ether oxygens (including phenoxy) is 2. The van der Waals surface area contributed by atoms with Gasteiger partial charge in [0.05, 0.1) is 18.8 Å². The fourth-order valence-electron chi connectivity index (χ4n) is 5.84. The Morgan fingerprint density at radius 3 is 2.77 bits per heavy atom. The van der Waals surface area contributed by atoms with E-state index < -0.39 is 0 Å². The molecule has 1 saturated carbocycles. The number of carbonyl (C=O) groups is 2. The number of ketones is 1. The molecular formula is C33H39NO4S. The first-order chi connectivity index (χ1) is 19.1. The summed E-state index contributed by atoms with van der Waals surface area (Å²) in [6, 6.07) is 21.0. The Labute approximate surface area is 236 Å². The summed E-state index contributed by atoms with van der Waals surface area (Å²) in [5.74, 6) is 1.60. The van der Waals surface area contributed by atoms with Crippen molar-refractivity contribution in [2.24, 2.45) is 11.8 Å². The number of fused-ring (bicyclic) bond motifs is 1. The van der Waals surface area contributed by atoms with Crippen LogP contribution in [0.15, 0.2) is 65.6 Å². The molecule has 2 aliphatic rings. The lowest BCUT2D eigenvalue weighted by atomic mass is 9.90. The quantitative estimate of drug-likeness (QED) is 0.207. The van der Waals surface area contributed by atoms with Crippen LogP contribution in [0.25, 0.3) is 10.8 Å². The van der Waals surface area contributed by atoms with Crippen molar-refractivity contribution in [2.75, 3.05) is 45.2 Å². The van der Waals surface area contributed by atoms with E-state index in [2.05, 4.69) is 53.4 Å². The zero-order valence-electron chi connectivity index (χ0n) is 22.9. The third-order valence-corrected chi connectivity index (χ3v) is 9.41. The van der Waals surface area contributed by atoms with Gasteiger partial charge < -0.3 is 9.47 Å². The first-order valence-electron chi connectivity index (χ1n) is 14.3. The van der Waals surface area contributed by atoms with Gasteiger partial charge in [0, 0.05) is 42.6 Å². The summed E-state index contributed by atoms with van der Waals surface area (Å²) in [5, 5.41) is 2.51. The van der Waals surface area contributed by atoms with Gasteiger partial charge in [-0.2, -0.15) is 0 Å². The second-order valence-corrected chi connectivity index (χ2v) is 11.9. The molecule has 1 aliphatic heterocycles. The maximum atomic E-state index is 12.8. The molecule has 5 rings (SSSR count). The van der Waals surface area contributed by atoms with Gasteiger partial charge in [0.15, 0.2) is 0 Å². The average Bonchev–Trinajstić information content (AvgIpc) is 3.32. The second-order valence-electron chi connectivity index (χ2n) is 10.8. The van der Waals surface area contributed by atoms with Crippen LogP contribution in [0.4, 0.5) is 0 Å². The van der Waals surface area contributed by atoms with Gasteiger partial charge in [-0.05, 0) is 72.6 Å². The summed E-state index contributed by atoms with van der Waals surface area (Å²) < 4.78 is 11.0. The lowest BCUT2D eigenvalue weighted by Gasteiger charge is -2.26. The van der Waals surface area contributed by atoms with Gasteiger partial charge in [0.2, 0.25) is 0 Å². The Kier molecular flexibility index (Phi) is 9.72. The summed E-state index contributed by atoms with van der Waals surface area (Å²) in [7, 11) is 0. The molecule has 1 saturated heterocycles. The molecule has 206 valence electrons. The van der Waals surface area contributed by atoms with Crippen LogP contribution < -0.4 is 0 Å². The molecule has 39 heavy (non-hydrogen) atoms. The van der Waals surface area contributed by atoms with Crippen LogP contribution in [-0.2, 0) is 20.7 Å². The zero-order chi connectivity index (χ0) is 27.0. The number of aryl methyl sites for hydroxylation is 2. The fourth-order valence-corrected chi connectivity index (χ4v) is 7.17. The highest BCUT2D eigenvalue weighted by molar-refractivity contribution is 7.99. The molecule has 1 heterocycles. The zero-order valence-corrected chi connectivity index (χ0v) is 23.7. The number of benzene rings is 3. The molecule has 2 fully saturated rings. The number of rotatable bonds is 11. The Hall–Kier alpha value is -2.67. The molecule has 0 spiro atoms. The average molecular weight is 546 g/mol. The van der Waals surface area contributed by atoms with Crippen LogP contribution in [0.5, 0.6) is 0 Å². The molecule has 6 heteroatoms. The molecule has 0 unspecified atom stereocenters. The minimum absolute atomic E-state index is 0.129. The van der Waals surface area contributed by atoms with Crippen molar-refractivity contribution in [2.45, 2.75) is 43.9 Å². The van der Waals surface area contributed by atoms with Gasteiger partial charge in [-0.25, -0.2) is 4.79 Å². The van der Waals surface area contributed by atoms with E-state index in [0.717, 1.165) is 75.4 Å². The van der Waals surface area contributed by atoms with E-state index in [0.29, 0.717) is 30.3 Å². The van der Waals surface area contributed by atoms with Crippen molar-refractivity contribution in [1.82, 2.24) is 4.90 Å². The smallest absolute Gasteiger partial charge is 0.338 e. The van der Waals surface area contributed by atoms with Crippen LogP contribution in [0.3, 0.4) is 0 Å². The molecule has 0 radical (unpaired) electrons. The number of nitrogens with zero attached hydrogens (tertiary/aromatic N) is 1. The number of esters is 1. The number of hydrogen-bond donors (Lipinski definition) is 0. The van der Waals surface area contributed by atoms with Crippen molar-refractivity contribution in [1.29, 1.82) is 0 Å². The third kappa shape index (κ3) is 7.30. The first-order valence-corrected chi connectivity index (χ1v) is 15.3. The standard InChI is InChI=1S/C33H39NO4S/c1-24-12-13-25(22-29(24)33(36)38-21-18-34-16-19-37-20-17-34)6-4-8-27-14-15-31(35)30(27)23-39-32-11-5-9-26-7-2-3-10-28(26)32/h2-3,5,7,9-13,22,27,30H,4,6,8,14-21,23H2,1H3/t27-,30+/m0/s1. The summed E-state index contributed by atoms with van der Waals surface area (Å²) >= 11 is 1.83. The summed E-state index contributed by atoms with van der Waals surface area (Å²) in [5.41, 5.74) is 2.77. The van der Waals surface area contributed by atoms with Crippen LogP contribution >= 0.6 is 11.8 Å². The van der Waals surface area contributed by atoms with Gasteiger partial charge >= 0.3 is 5.97 Å². The lowest BCUT2D eigenvalue weighted by molar-refractivity contribution is -0.120. The second kappa shape index (κ2) is 13.6. The monoisotopic (exact) mass is 545 g/mol. The number of carbonyl (C=O) groups excluding carboxylic acids is 2. The predicted molar refractivity (Wildman–Crippen MR) is 158 cm³/mol. The van der Waals surface area contributed by atoms with E-state index in [-0.39, 0.29) is 11.9 Å². The number of hydrogen-bond acceptors (Lipinski definition) is 6. The van der Waals surface area contributed by atoms with E-state index in [1.165, 1.54) is 15.7 Å². The molecule has 3 aromatic carbocycles. The molecule has 0 aromatic heterocycles. The molecule has 3 aromatic rings. The van der Waals surface area contributed by atoms with Gasteiger partial charge in [-0.3, -0.25) is 9.69 Å². The molecule has 5 nitrogen and oxygen atoms in total. The highest BCUT2D eigenvalue weighted by Gasteiger charge is 2.34. The van der Waals surface area contributed by atoms with Crippen LogP contribution in [0.2, 0.25) is 0 Å². The first kappa shape index (κ1) is 27.9. The third-order valence-electron chi connectivity index (χ3n) is 8.22. The molecule has 1 aliphatic carbocycles. The Balaban J connectivity index is 1.11. The van der Waals surface area contributed by atoms with Gasteiger partial charge in [0.1, 0.15) is 12.4 Å². The van der Waals surface area contributed by atoms with Crippen molar-refractivity contribution in [3.8, 4) is 0 Å². The summed E-state index contributed by atoms with van der Waals surface area (Å²) in [6.07, 6.45) is 4.66. The maximum Gasteiger partial charge on any atom is 0.338 e. The molecule has 0 bridgehead atoms. The number of Topliss-reactive ketones (excluding diaryl/α,β-unsaturated/α-hetero) is 1. The molecule has 0 N–H and O–H groups in total. The van der Waals surface area contributed by atoms with Gasteiger partial charge in [-0.1, -0.05) is 48.5 Å². The minimum atomic E-state index is -0.241. The SMILES string of the molecule is Cc1ccc(CCC[C@H]2CCC(=O)[C@@H]2CSc2cccc3ccccc23)cc1C(=O)OCCN1CCOCC1. The van der Waals surface area contributed by atoms with Crippen molar-refractivity contribution < 1.29 is 19.1 Å². The maximum absolute atomic E-state index is 12.8. The van der Waals surface area contributed by atoms with E-state index in [1.54, 1.807) is 0 Å². The highest BCUT2D eigenvalue weighted by atomic mass is 32.2. The number of thioether (sulfide) groups is 1. The van der Waals surface area contributed by atoms with E-state index in [9.17, 15) is 9.59 Å². The van der Waals surface area contributed by atoms with Crippen molar-refractivity contribution in [3.05, 3.63) is 77.4 Å². The lowest BCUT2D eigenvalue weighted by Crippen LogP contribution is -2.38. The van der Waals surface area contributed by atoms with E-state index in [1.807, 2.05) is 30.8 Å². The van der Waals surface area contributed by atoms with Crippen molar-refractivity contribution >= 4 is 34.3 Å². The largest absolute Gasteiger partial charge is 0.461 e. The van der Waals surface area contributed by atoms with Gasteiger partial charge in [-0.15, -0.1) is 11.8 Å². The highest BCUT2D eigenvalue weighted by Crippen LogP contribution is 2.38. The topological polar surface area (TPSA) is 55.8 Å². The van der Waals surface area contributed by atoms with Crippen LogP contribution in [-0.4, -0.2) is 61.9 Å². The molecule has 2 atom stereocenters. The Bertz CT molecular complexity index is 1280. The Morgan fingerprint density at radius 2 is 1.90 bits per heavy atom. The Morgan fingerprint density at radius 1 is 1.08 bits per heavy atom. The number of morpholine rings is 1. The fraction of sp³-hybridized carbons (Fsp3) is 0.455.